The van der Waals surface area contributed by atoms with E-state index in [1.165, 1.54) is 6.07 Å². The number of hydrogen-bond donors (Lipinski definition) is 1. The van der Waals surface area contributed by atoms with Crippen molar-refractivity contribution in [2.45, 2.75) is 13.3 Å². The third kappa shape index (κ3) is 3.00. The second-order valence-corrected chi connectivity index (χ2v) is 3.04. The molecular formula is C11H16FNO. The molecule has 0 radical (unpaired) electrons. The van der Waals surface area contributed by atoms with Crippen LogP contribution in [0.3, 0.4) is 0 Å². The summed E-state index contributed by atoms with van der Waals surface area (Å²) in [4.78, 5) is 0. The smallest absolute Gasteiger partial charge is 0.130 e. The predicted octanol–water partition coefficient (Wildman–Crippen LogP) is 1.99. The molecule has 0 spiro atoms. The van der Waals surface area contributed by atoms with Crippen LogP contribution in [0.4, 0.5) is 4.39 Å². The van der Waals surface area contributed by atoms with Crippen LogP contribution in [0, 0.1) is 5.82 Å². The predicted molar refractivity (Wildman–Crippen MR) is 55.2 cm³/mol. The largest absolute Gasteiger partial charge is 0.494 e. The van der Waals surface area contributed by atoms with Crippen LogP contribution in [0.25, 0.3) is 0 Å². The molecule has 2 nitrogen and oxygen atoms in total. The Hall–Kier alpha value is -1.09. The molecule has 3 heteroatoms. The topological polar surface area (TPSA) is 21.3 Å². The van der Waals surface area contributed by atoms with E-state index in [0.29, 0.717) is 18.8 Å². The highest BCUT2D eigenvalue weighted by molar-refractivity contribution is 5.29. The molecule has 0 bridgehead atoms. The summed E-state index contributed by atoms with van der Waals surface area (Å²) < 4.78 is 18.6. The van der Waals surface area contributed by atoms with E-state index in [0.717, 1.165) is 12.1 Å². The number of benzene rings is 1. The van der Waals surface area contributed by atoms with Gasteiger partial charge in [0.25, 0.3) is 0 Å². The van der Waals surface area contributed by atoms with Gasteiger partial charge in [0.1, 0.15) is 11.6 Å². The van der Waals surface area contributed by atoms with Crippen LogP contribution in [0.1, 0.15) is 12.5 Å². The number of likely N-dealkylation sites (N-methyl/N-ethyl adjacent to an activating group) is 1. The molecule has 0 aromatic heterocycles. The van der Waals surface area contributed by atoms with E-state index in [4.69, 9.17) is 4.74 Å². The highest BCUT2D eigenvalue weighted by atomic mass is 19.1. The molecule has 1 N–H and O–H groups in total. The van der Waals surface area contributed by atoms with Crippen molar-refractivity contribution in [3.63, 3.8) is 0 Å². The molecule has 0 saturated carbocycles. The molecule has 0 aliphatic heterocycles. The summed E-state index contributed by atoms with van der Waals surface area (Å²) in [6.07, 6.45) is 0.703. The van der Waals surface area contributed by atoms with Gasteiger partial charge in [-0.1, -0.05) is 6.07 Å². The lowest BCUT2D eigenvalue weighted by Gasteiger charge is -2.06. The summed E-state index contributed by atoms with van der Waals surface area (Å²) in [5.74, 6) is 0.407. The van der Waals surface area contributed by atoms with E-state index in [-0.39, 0.29) is 5.82 Å². The maximum atomic E-state index is 13.4. The lowest BCUT2D eigenvalue weighted by molar-refractivity contribution is 0.338. The Bertz CT molecular complexity index is 289. The van der Waals surface area contributed by atoms with E-state index in [2.05, 4.69) is 5.32 Å². The lowest BCUT2D eigenvalue weighted by Crippen LogP contribution is -2.11. The minimum Gasteiger partial charge on any atom is -0.494 e. The molecule has 78 valence electrons. The van der Waals surface area contributed by atoms with Gasteiger partial charge in [-0.3, -0.25) is 0 Å². The molecular weight excluding hydrogens is 181 g/mol. The zero-order valence-corrected chi connectivity index (χ0v) is 8.64. The van der Waals surface area contributed by atoms with Crippen molar-refractivity contribution >= 4 is 0 Å². The Morgan fingerprint density at radius 1 is 1.43 bits per heavy atom. The van der Waals surface area contributed by atoms with Crippen LogP contribution in [-0.4, -0.2) is 20.2 Å². The molecule has 1 rings (SSSR count). The third-order valence-electron chi connectivity index (χ3n) is 1.98. The molecule has 0 atom stereocenters. The average Bonchev–Trinajstić information content (AvgIpc) is 2.17. The molecule has 14 heavy (non-hydrogen) atoms. The molecule has 0 saturated heterocycles. The summed E-state index contributed by atoms with van der Waals surface area (Å²) in [6.45, 7) is 3.23. The third-order valence-corrected chi connectivity index (χ3v) is 1.98. The fourth-order valence-corrected chi connectivity index (χ4v) is 1.25. The molecule has 1 aromatic rings. The van der Waals surface area contributed by atoms with Crippen molar-refractivity contribution in [1.29, 1.82) is 0 Å². The molecule has 0 aliphatic carbocycles. The first-order chi connectivity index (χ1) is 6.77. The minimum absolute atomic E-state index is 0.189. The van der Waals surface area contributed by atoms with Gasteiger partial charge in [-0.25, -0.2) is 4.39 Å². The maximum absolute atomic E-state index is 13.4. The Balaban J connectivity index is 2.68. The molecule has 0 fully saturated rings. The fraction of sp³-hybridized carbons (Fsp3) is 0.455. The van der Waals surface area contributed by atoms with Gasteiger partial charge in [-0.15, -0.1) is 0 Å². The SMILES string of the molecule is CCOc1ccc(CCNC)c(F)c1. The first-order valence-corrected chi connectivity index (χ1v) is 4.83. The molecule has 0 aliphatic rings. The summed E-state index contributed by atoms with van der Waals surface area (Å²) >= 11 is 0. The number of nitrogens with one attached hydrogen (secondary N) is 1. The van der Waals surface area contributed by atoms with Gasteiger partial charge in [0, 0.05) is 6.07 Å². The van der Waals surface area contributed by atoms with Gasteiger partial charge < -0.3 is 10.1 Å². The highest BCUT2D eigenvalue weighted by Crippen LogP contribution is 2.16. The Morgan fingerprint density at radius 2 is 2.21 bits per heavy atom. The number of rotatable bonds is 5. The van der Waals surface area contributed by atoms with Gasteiger partial charge in [0.15, 0.2) is 0 Å². The monoisotopic (exact) mass is 197 g/mol. The van der Waals surface area contributed by atoms with Crippen LogP contribution in [-0.2, 0) is 6.42 Å². The number of hydrogen-bond acceptors (Lipinski definition) is 2. The van der Waals surface area contributed by atoms with E-state index in [9.17, 15) is 4.39 Å². The number of halogens is 1. The Labute approximate surface area is 84.1 Å². The molecule has 1 aromatic carbocycles. The maximum Gasteiger partial charge on any atom is 0.130 e. The summed E-state index contributed by atoms with van der Waals surface area (Å²) in [5, 5.41) is 2.99. The van der Waals surface area contributed by atoms with Crippen molar-refractivity contribution in [2.24, 2.45) is 0 Å². The van der Waals surface area contributed by atoms with Crippen LogP contribution in [0.5, 0.6) is 5.75 Å². The van der Waals surface area contributed by atoms with E-state index in [1.807, 2.05) is 14.0 Å². The molecule has 0 unspecified atom stereocenters. The summed E-state index contributed by atoms with van der Waals surface area (Å²) in [6, 6.07) is 5.02. The normalized spacial score (nSPS) is 10.2. The molecule has 0 amide bonds. The highest BCUT2D eigenvalue weighted by Gasteiger charge is 2.03. The van der Waals surface area contributed by atoms with Gasteiger partial charge in [-0.05, 0) is 38.6 Å². The second kappa shape index (κ2) is 5.60. The van der Waals surface area contributed by atoms with Crippen molar-refractivity contribution < 1.29 is 9.13 Å². The minimum atomic E-state index is -0.189. The zero-order valence-electron chi connectivity index (χ0n) is 8.64. The van der Waals surface area contributed by atoms with E-state index < -0.39 is 0 Å². The van der Waals surface area contributed by atoms with Gasteiger partial charge >= 0.3 is 0 Å². The van der Waals surface area contributed by atoms with Gasteiger partial charge in [0.2, 0.25) is 0 Å². The molecule has 0 heterocycles. The van der Waals surface area contributed by atoms with Gasteiger partial charge in [0.05, 0.1) is 6.61 Å². The van der Waals surface area contributed by atoms with Crippen molar-refractivity contribution in [3.8, 4) is 5.75 Å². The average molecular weight is 197 g/mol. The van der Waals surface area contributed by atoms with Crippen LogP contribution >= 0.6 is 0 Å². The first-order valence-electron chi connectivity index (χ1n) is 4.83. The van der Waals surface area contributed by atoms with E-state index >= 15 is 0 Å². The summed E-state index contributed by atoms with van der Waals surface area (Å²) in [7, 11) is 1.85. The van der Waals surface area contributed by atoms with Crippen LogP contribution in [0.15, 0.2) is 18.2 Å². The van der Waals surface area contributed by atoms with Crippen molar-refractivity contribution in [1.82, 2.24) is 5.32 Å². The zero-order chi connectivity index (χ0) is 10.4. The van der Waals surface area contributed by atoms with Crippen molar-refractivity contribution in [2.75, 3.05) is 20.2 Å². The van der Waals surface area contributed by atoms with Gasteiger partial charge in [-0.2, -0.15) is 0 Å². The fourth-order valence-electron chi connectivity index (χ4n) is 1.25. The van der Waals surface area contributed by atoms with E-state index in [1.54, 1.807) is 12.1 Å². The second-order valence-electron chi connectivity index (χ2n) is 3.04. The Morgan fingerprint density at radius 3 is 2.79 bits per heavy atom. The lowest BCUT2D eigenvalue weighted by atomic mass is 10.1. The van der Waals surface area contributed by atoms with Crippen LogP contribution < -0.4 is 10.1 Å². The Kier molecular flexibility index (Phi) is 4.40. The summed E-state index contributed by atoms with van der Waals surface area (Å²) in [5.41, 5.74) is 0.725. The first kappa shape index (κ1) is 11.0. The van der Waals surface area contributed by atoms with Crippen LogP contribution in [0.2, 0.25) is 0 Å². The standard InChI is InChI=1S/C11H16FNO/c1-3-14-10-5-4-9(6-7-13-2)11(12)8-10/h4-5,8,13H,3,6-7H2,1-2H3. The number of ether oxygens (including phenoxy) is 1. The quantitative estimate of drug-likeness (QED) is 0.779. The van der Waals surface area contributed by atoms with Crippen molar-refractivity contribution in [3.05, 3.63) is 29.6 Å².